The molecule has 4 rings (SSSR count). The smallest absolute Gasteiger partial charge is 0.381 e. The molecule has 1 fully saturated rings. The van der Waals surface area contributed by atoms with Crippen molar-refractivity contribution in [1.82, 2.24) is 9.55 Å². The quantitative estimate of drug-likeness (QED) is 0.484. The van der Waals surface area contributed by atoms with Gasteiger partial charge in [0.15, 0.2) is 0 Å². The lowest BCUT2D eigenvalue weighted by Gasteiger charge is -2.26. The Hall–Kier alpha value is -2.66. The number of benzene rings is 1. The molecular weight excluding hydrogens is 483 g/mol. The van der Waals surface area contributed by atoms with Crippen molar-refractivity contribution in [3.63, 3.8) is 0 Å². The standard InChI is InChI=1S/C24H29F3N3O4S/c1-23(2,3)22-28-19-13-17(5-6-20(19)30(22)14-16-8-11-34-12-9-16)35(31,32)21-7-10-29(33-4)15-18(21)24(25,26)27/h5-7,10,13,15-16H,8-9,11-12,14H2,1-4H3/q+1. The SMILES string of the molecule is CO[n+]1ccc(S(=O)(=O)c2ccc3c(c2)nc(C(C)(C)C)n3CC2CCOCC2)c(C(F)(F)F)c1. The summed E-state index contributed by atoms with van der Waals surface area (Å²) in [4.78, 5) is 8.44. The third-order valence-corrected chi connectivity index (χ3v) is 7.99. The van der Waals surface area contributed by atoms with E-state index in [1.54, 1.807) is 6.07 Å². The van der Waals surface area contributed by atoms with Crippen LogP contribution >= 0.6 is 0 Å². The zero-order valence-electron chi connectivity index (χ0n) is 20.1. The van der Waals surface area contributed by atoms with Gasteiger partial charge >= 0.3 is 6.18 Å². The molecule has 2 aromatic heterocycles. The summed E-state index contributed by atoms with van der Waals surface area (Å²) in [5, 5.41) is 0. The van der Waals surface area contributed by atoms with Crippen molar-refractivity contribution in [3.8, 4) is 0 Å². The molecule has 0 N–H and O–H groups in total. The van der Waals surface area contributed by atoms with Gasteiger partial charge in [-0.3, -0.25) is 4.84 Å². The minimum atomic E-state index is -4.89. The number of aromatic nitrogens is 3. The molecule has 1 aromatic carbocycles. The van der Waals surface area contributed by atoms with Gasteiger partial charge in [0.25, 0.3) is 0 Å². The van der Waals surface area contributed by atoms with Gasteiger partial charge in [0.2, 0.25) is 22.2 Å². The minimum absolute atomic E-state index is 0.248. The predicted octanol–water partition coefficient (Wildman–Crippen LogP) is 3.96. The van der Waals surface area contributed by atoms with Crippen LogP contribution in [0, 0.1) is 5.92 Å². The molecule has 0 aliphatic carbocycles. The van der Waals surface area contributed by atoms with Crippen LogP contribution in [-0.4, -0.2) is 38.3 Å². The van der Waals surface area contributed by atoms with Gasteiger partial charge in [-0.2, -0.15) is 13.2 Å². The number of sulfone groups is 1. The fourth-order valence-corrected chi connectivity index (χ4v) is 5.84. The van der Waals surface area contributed by atoms with Crippen LogP contribution in [-0.2, 0) is 32.7 Å². The summed E-state index contributed by atoms with van der Waals surface area (Å²) >= 11 is 0. The van der Waals surface area contributed by atoms with Gasteiger partial charge in [-0.1, -0.05) is 20.8 Å². The van der Waals surface area contributed by atoms with Crippen molar-refractivity contribution in [2.75, 3.05) is 20.3 Å². The summed E-state index contributed by atoms with van der Waals surface area (Å²) in [5.74, 6) is 1.20. The fraction of sp³-hybridized carbons (Fsp3) is 0.500. The Labute approximate surface area is 202 Å². The summed E-state index contributed by atoms with van der Waals surface area (Å²) in [5.41, 5.74) is -0.441. The van der Waals surface area contributed by atoms with Crippen molar-refractivity contribution in [2.45, 2.75) is 61.5 Å². The zero-order chi connectivity index (χ0) is 25.6. The predicted molar refractivity (Wildman–Crippen MR) is 122 cm³/mol. The molecule has 0 amide bonds. The first-order chi connectivity index (χ1) is 16.3. The van der Waals surface area contributed by atoms with E-state index in [4.69, 9.17) is 14.6 Å². The molecule has 3 heterocycles. The molecule has 35 heavy (non-hydrogen) atoms. The van der Waals surface area contributed by atoms with Crippen molar-refractivity contribution in [1.29, 1.82) is 0 Å². The van der Waals surface area contributed by atoms with Crippen molar-refractivity contribution >= 4 is 20.9 Å². The molecule has 0 radical (unpaired) electrons. The lowest BCUT2D eigenvalue weighted by molar-refractivity contribution is -0.886. The molecule has 11 heteroatoms. The number of alkyl halides is 3. The monoisotopic (exact) mass is 512 g/mol. The van der Waals surface area contributed by atoms with Crippen LogP contribution in [0.4, 0.5) is 13.2 Å². The number of rotatable bonds is 5. The Balaban J connectivity index is 1.83. The van der Waals surface area contributed by atoms with E-state index in [9.17, 15) is 21.6 Å². The largest absolute Gasteiger partial charge is 0.423 e. The van der Waals surface area contributed by atoms with Crippen LogP contribution in [0.3, 0.4) is 0 Å². The number of ether oxygens (including phenoxy) is 1. The average Bonchev–Trinajstić information content (AvgIpc) is 3.17. The van der Waals surface area contributed by atoms with Crippen LogP contribution in [0.5, 0.6) is 0 Å². The Morgan fingerprint density at radius 2 is 1.86 bits per heavy atom. The molecular formula is C24H29F3N3O4S+. The fourth-order valence-electron chi connectivity index (χ4n) is 4.37. The number of hydrogen-bond donors (Lipinski definition) is 0. The second-order valence-electron chi connectivity index (χ2n) is 9.77. The summed E-state index contributed by atoms with van der Waals surface area (Å²) < 4.78 is 76.2. The Kier molecular flexibility index (Phi) is 6.60. The van der Waals surface area contributed by atoms with Crippen LogP contribution < -0.4 is 9.57 Å². The van der Waals surface area contributed by atoms with Crippen LogP contribution in [0.1, 0.15) is 45.0 Å². The lowest BCUT2D eigenvalue weighted by atomic mass is 9.94. The molecule has 1 saturated heterocycles. The number of pyridine rings is 1. The van der Waals surface area contributed by atoms with Crippen LogP contribution in [0.2, 0.25) is 0 Å². The second-order valence-corrected chi connectivity index (χ2v) is 11.7. The average molecular weight is 513 g/mol. The van der Waals surface area contributed by atoms with Crippen molar-refractivity contribution < 1.29 is 35.9 Å². The van der Waals surface area contributed by atoms with Crippen LogP contribution in [0.25, 0.3) is 11.0 Å². The van der Waals surface area contributed by atoms with Gasteiger partial charge in [-0.25, -0.2) is 13.4 Å². The Morgan fingerprint density at radius 1 is 1.17 bits per heavy atom. The van der Waals surface area contributed by atoms with Gasteiger partial charge in [0.05, 0.1) is 20.8 Å². The topological polar surface area (TPSA) is 74.3 Å². The van der Waals surface area contributed by atoms with Crippen molar-refractivity contribution in [2.24, 2.45) is 5.92 Å². The maximum absolute atomic E-state index is 13.7. The molecule has 7 nitrogen and oxygen atoms in total. The molecule has 1 aliphatic heterocycles. The third-order valence-electron chi connectivity index (χ3n) is 6.18. The summed E-state index contributed by atoms with van der Waals surface area (Å²) in [6.45, 7) is 8.19. The highest BCUT2D eigenvalue weighted by atomic mass is 32.2. The second kappa shape index (κ2) is 9.09. The molecule has 190 valence electrons. The van der Waals surface area contributed by atoms with Gasteiger partial charge in [0, 0.05) is 36.0 Å². The highest BCUT2D eigenvalue weighted by Crippen LogP contribution is 2.37. The Bertz CT molecular complexity index is 1340. The third kappa shape index (κ3) is 5.02. The molecule has 0 saturated carbocycles. The normalized spacial score (nSPS) is 16.1. The first-order valence-corrected chi connectivity index (χ1v) is 12.8. The first kappa shape index (κ1) is 25.4. The van der Waals surface area contributed by atoms with Gasteiger partial charge in [-0.15, -0.1) is 0 Å². The number of fused-ring (bicyclic) bond motifs is 1. The van der Waals surface area contributed by atoms with E-state index in [0.29, 0.717) is 37.4 Å². The lowest BCUT2D eigenvalue weighted by Crippen LogP contribution is -2.41. The number of imidazole rings is 1. The Morgan fingerprint density at radius 3 is 2.46 bits per heavy atom. The highest BCUT2D eigenvalue weighted by molar-refractivity contribution is 7.91. The summed E-state index contributed by atoms with van der Waals surface area (Å²) in [6.07, 6.45) is -1.30. The van der Waals surface area contributed by atoms with E-state index in [0.717, 1.165) is 41.2 Å². The molecule has 3 aromatic rings. The van der Waals surface area contributed by atoms with Crippen molar-refractivity contribution in [3.05, 3.63) is 48.0 Å². The maximum Gasteiger partial charge on any atom is 0.423 e. The minimum Gasteiger partial charge on any atom is -0.381 e. The zero-order valence-corrected chi connectivity index (χ0v) is 20.9. The van der Waals surface area contributed by atoms with Gasteiger partial charge in [-0.05, 0) is 37.0 Å². The molecule has 0 atom stereocenters. The number of halogens is 3. The van der Waals surface area contributed by atoms with E-state index in [2.05, 4.69) is 4.57 Å². The molecule has 0 bridgehead atoms. The van der Waals surface area contributed by atoms with E-state index < -0.39 is 26.5 Å². The summed E-state index contributed by atoms with van der Waals surface area (Å²) in [6, 6.07) is 5.24. The highest BCUT2D eigenvalue weighted by Gasteiger charge is 2.41. The number of hydrogen-bond acceptors (Lipinski definition) is 5. The molecule has 1 aliphatic rings. The van der Waals surface area contributed by atoms with E-state index in [-0.39, 0.29) is 10.3 Å². The van der Waals surface area contributed by atoms with E-state index in [1.165, 1.54) is 19.2 Å². The molecule has 0 spiro atoms. The van der Waals surface area contributed by atoms with Crippen LogP contribution in [0.15, 0.2) is 46.5 Å². The van der Waals surface area contributed by atoms with Gasteiger partial charge in [0.1, 0.15) is 18.5 Å². The van der Waals surface area contributed by atoms with E-state index >= 15 is 0 Å². The summed E-state index contributed by atoms with van der Waals surface area (Å²) in [7, 11) is -3.30. The molecule has 0 unspecified atom stereocenters. The number of nitrogens with zero attached hydrogens (tertiary/aromatic N) is 3. The first-order valence-electron chi connectivity index (χ1n) is 11.3. The van der Waals surface area contributed by atoms with Gasteiger partial charge < -0.3 is 9.30 Å². The maximum atomic E-state index is 13.7. The van der Waals surface area contributed by atoms with E-state index in [1.807, 2.05) is 20.8 Å².